The molecule has 0 aliphatic rings. The van der Waals surface area contributed by atoms with Crippen molar-refractivity contribution in [3.8, 4) is 22.7 Å². The molecule has 5 aromatic rings. The molecule has 0 amide bonds. The van der Waals surface area contributed by atoms with Crippen LogP contribution in [0.2, 0.25) is 0 Å². The molecule has 4 aromatic heterocycles. The fourth-order valence-electron chi connectivity index (χ4n) is 2.88. The minimum Gasteiger partial charge on any atom is -0.444 e. The molecule has 0 spiro atoms. The number of aryl methyl sites for hydroxylation is 1. The zero-order valence-corrected chi connectivity index (χ0v) is 13.1. The van der Waals surface area contributed by atoms with Gasteiger partial charge in [0.05, 0.1) is 29.3 Å². The van der Waals surface area contributed by atoms with E-state index in [-0.39, 0.29) is 5.56 Å². The van der Waals surface area contributed by atoms with Crippen molar-refractivity contribution in [3.05, 3.63) is 59.0 Å². The number of benzene rings is 1. The molecular weight excluding hydrogens is 320 g/mol. The zero-order chi connectivity index (χ0) is 17.0. The maximum Gasteiger partial charge on any atom is 0.274 e. The molecule has 0 unspecified atom stereocenters. The Hall–Kier alpha value is -3.68. The van der Waals surface area contributed by atoms with E-state index in [1.807, 2.05) is 25.1 Å². The lowest BCUT2D eigenvalue weighted by Gasteiger charge is -2.04. The van der Waals surface area contributed by atoms with Crippen LogP contribution in [0.5, 0.6) is 0 Å². The van der Waals surface area contributed by atoms with Gasteiger partial charge in [-0.25, -0.2) is 4.98 Å². The highest BCUT2D eigenvalue weighted by atomic mass is 16.3. The average Bonchev–Trinajstić information content (AvgIpc) is 3.32. The zero-order valence-electron chi connectivity index (χ0n) is 13.1. The Kier molecular flexibility index (Phi) is 2.69. The summed E-state index contributed by atoms with van der Waals surface area (Å²) in [6, 6.07) is 7.33. The van der Waals surface area contributed by atoms with Gasteiger partial charge < -0.3 is 9.40 Å². The van der Waals surface area contributed by atoms with Crippen molar-refractivity contribution < 1.29 is 4.42 Å². The van der Waals surface area contributed by atoms with Crippen molar-refractivity contribution in [2.24, 2.45) is 0 Å². The first-order valence-corrected chi connectivity index (χ1v) is 7.66. The Morgan fingerprint density at radius 1 is 1.20 bits per heavy atom. The molecule has 0 saturated carbocycles. The van der Waals surface area contributed by atoms with Crippen LogP contribution in [0.15, 0.2) is 52.1 Å². The second kappa shape index (κ2) is 4.91. The second-order valence-electron chi connectivity index (χ2n) is 5.81. The van der Waals surface area contributed by atoms with Gasteiger partial charge in [0.1, 0.15) is 11.8 Å². The fraction of sp³-hybridized carbons (Fsp3) is 0.0588. The minimum absolute atomic E-state index is 0.231. The average molecular weight is 332 g/mol. The van der Waals surface area contributed by atoms with Crippen molar-refractivity contribution in [1.82, 2.24) is 29.8 Å². The number of H-pyrrole nitrogens is 2. The van der Waals surface area contributed by atoms with Gasteiger partial charge >= 0.3 is 0 Å². The Balaban J connectivity index is 1.75. The summed E-state index contributed by atoms with van der Waals surface area (Å²) < 4.78 is 6.75. The predicted molar refractivity (Wildman–Crippen MR) is 91.1 cm³/mol. The number of hydrogen-bond donors (Lipinski definition) is 2. The van der Waals surface area contributed by atoms with Crippen LogP contribution in [0.3, 0.4) is 0 Å². The molecule has 0 bridgehead atoms. The predicted octanol–water partition coefficient (Wildman–Crippen LogP) is 2.53. The van der Waals surface area contributed by atoms with Gasteiger partial charge in [0.15, 0.2) is 5.65 Å². The van der Waals surface area contributed by atoms with Crippen molar-refractivity contribution in [3.63, 3.8) is 0 Å². The van der Waals surface area contributed by atoms with Crippen LogP contribution < -0.4 is 5.56 Å². The molecule has 0 fully saturated rings. The van der Waals surface area contributed by atoms with Gasteiger partial charge in [-0.05, 0) is 24.6 Å². The largest absolute Gasteiger partial charge is 0.444 e. The molecule has 5 rings (SSSR count). The number of nitrogens with one attached hydrogen (secondary N) is 2. The van der Waals surface area contributed by atoms with Crippen LogP contribution in [0.4, 0.5) is 0 Å². The standard InChI is InChI=1S/C17H12N6O2/c1-9-8-25-17(20-9)12-7-19-23-15(24)5-14(21-16(12)23)10-2-3-13-11(4-10)6-18-22-13/h2-8,21H,1H3,(H,18,22). The van der Waals surface area contributed by atoms with Gasteiger partial charge in [0, 0.05) is 11.5 Å². The van der Waals surface area contributed by atoms with Crippen molar-refractivity contribution in [1.29, 1.82) is 0 Å². The van der Waals surface area contributed by atoms with Gasteiger partial charge in [-0.15, -0.1) is 0 Å². The van der Waals surface area contributed by atoms with Crippen LogP contribution in [-0.2, 0) is 0 Å². The molecule has 4 heterocycles. The number of rotatable bonds is 2. The summed E-state index contributed by atoms with van der Waals surface area (Å²) in [5, 5.41) is 12.0. The lowest BCUT2D eigenvalue weighted by atomic mass is 10.1. The van der Waals surface area contributed by atoms with E-state index < -0.39 is 0 Å². The second-order valence-corrected chi connectivity index (χ2v) is 5.81. The highest BCUT2D eigenvalue weighted by Crippen LogP contribution is 2.25. The highest BCUT2D eigenvalue weighted by molar-refractivity contribution is 5.84. The first kappa shape index (κ1) is 13.7. The van der Waals surface area contributed by atoms with E-state index in [1.165, 1.54) is 10.6 Å². The Morgan fingerprint density at radius 3 is 2.96 bits per heavy atom. The molecule has 8 nitrogen and oxygen atoms in total. The molecule has 1 aromatic carbocycles. The van der Waals surface area contributed by atoms with Crippen LogP contribution >= 0.6 is 0 Å². The van der Waals surface area contributed by atoms with E-state index in [0.717, 1.165) is 22.2 Å². The molecule has 0 saturated heterocycles. The Morgan fingerprint density at radius 2 is 2.12 bits per heavy atom. The van der Waals surface area contributed by atoms with Crippen LogP contribution in [-0.4, -0.2) is 29.8 Å². The van der Waals surface area contributed by atoms with Crippen molar-refractivity contribution in [2.75, 3.05) is 0 Å². The lowest BCUT2D eigenvalue weighted by Crippen LogP contribution is -2.14. The summed E-state index contributed by atoms with van der Waals surface area (Å²) in [5.41, 5.74) is 4.21. The third kappa shape index (κ3) is 2.08. The molecule has 25 heavy (non-hydrogen) atoms. The lowest BCUT2D eigenvalue weighted by molar-refractivity contribution is 0.574. The molecule has 2 N–H and O–H groups in total. The number of oxazole rings is 1. The quantitative estimate of drug-likeness (QED) is 0.517. The van der Waals surface area contributed by atoms with Crippen LogP contribution in [0, 0.1) is 6.92 Å². The van der Waals surface area contributed by atoms with Crippen molar-refractivity contribution in [2.45, 2.75) is 6.92 Å². The number of hydrogen-bond acceptors (Lipinski definition) is 5. The number of aromatic amines is 2. The van der Waals surface area contributed by atoms with Gasteiger partial charge in [0.2, 0.25) is 5.89 Å². The monoisotopic (exact) mass is 332 g/mol. The van der Waals surface area contributed by atoms with E-state index in [2.05, 4.69) is 25.3 Å². The van der Waals surface area contributed by atoms with E-state index in [9.17, 15) is 4.79 Å². The van der Waals surface area contributed by atoms with Crippen LogP contribution in [0.1, 0.15) is 5.69 Å². The summed E-state index contributed by atoms with van der Waals surface area (Å²) in [4.78, 5) is 20.0. The molecule has 8 heteroatoms. The molecule has 0 aliphatic heterocycles. The highest BCUT2D eigenvalue weighted by Gasteiger charge is 2.15. The Labute approximate surface area is 140 Å². The van der Waals surface area contributed by atoms with E-state index >= 15 is 0 Å². The minimum atomic E-state index is -0.231. The molecule has 122 valence electrons. The molecular formula is C17H12N6O2. The first-order chi connectivity index (χ1) is 12.2. The van der Waals surface area contributed by atoms with Crippen LogP contribution in [0.25, 0.3) is 39.3 Å². The van der Waals surface area contributed by atoms with Crippen molar-refractivity contribution >= 4 is 16.6 Å². The normalized spacial score (nSPS) is 11.6. The fourth-order valence-corrected chi connectivity index (χ4v) is 2.88. The summed E-state index contributed by atoms with van der Waals surface area (Å²) >= 11 is 0. The van der Waals surface area contributed by atoms with E-state index in [0.29, 0.717) is 22.8 Å². The third-order valence-electron chi connectivity index (χ3n) is 4.10. The number of aromatic nitrogens is 6. The SMILES string of the molecule is Cc1coc(-c2cnn3c(=O)cc(-c4ccc5[nH]ncc5c4)[nH]c23)n1. The maximum atomic E-state index is 12.4. The number of fused-ring (bicyclic) bond motifs is 2. The molecule has 0 atom stereocenters. The van der Waals surface area contributed by atoms with Gasteiger partial charge in [0.25, 0.3) is 5.56 Å². The van der Waals surface area contributed by atoms with Gasteiger partial charge in [-0.1, -0.05) is 6.07 Å². The Bertz CT molecular complexity index is 1290. The third-order valence-corrected chi connectivity index (χ3v) is 4.10. The summed E-state index contributed by atoms with van der Waals surface area (Å²) in [7, 11) is 0. The summed E-state index contributed by atoms with van der Waals surface area (Å²) in [6.45, 7) is 1.84. The topological polar surface area (TPSA) is 105 Å². The maximum absolute atomic E-state index is 12.4. The van der Waals surface area contributed by atoms with Gasteiger partial charge in [-0.3, -0.25) is 9.89 Å². The smallest absolute Gasteiger partial charge is 0.274 e. The molecule has 0 aliphatic carbocycles. The van der Waals surface area contributed by atoms with E-state index in [1.54, 1.807) is 18.7 Å². The molecule has 0 radical (unpaired) electrons. The van der Waals surface area contributed by atoms with Gasteiger partial charge in [-0.2, -0.15) is 14.7 Å². The van der Waals surface area contributed by atoms with E-state index in [4.69, 9.17) is 4.42 Å². The summed E-state index contributed by atoms with van der Waals surface area (Å²) in [5.74, 6) is 0.422. The number of nitrogens with zero attached hydrogens (tertiary/aromatic N) is 4. The first-order valence-electron chi connectivity index (χ1n) is 7.66. The summed E-state index contributed by atoms with van der Waals surface area (Å²) in [6.07, 6.45) is 4.88.